The van der Waals surface area contributed by atoms with Crippen LogP contribution in [0.4, 0.5) is 0 Å². The Kier molecular flexibility index (Phi) is 12.0. The van der Waals surface area contributed by atoms with Crippen LogP contribution in [0.5, 0.6) is 0 Å². The van der Waals surface area contributed by atoms with E-state index in [-0.39, 0.29) is 18.6 Å². The highest BCUT2D eigenvalue weighted by atomic mass is 16.3. The van der Waals surface area contributed by atoms with Crippen LogP contribution in [0.2, 0.25) is 0 Å². The molecule has 0 radical (unpaired) electrons. The molecule has 0 bridgehead atoms. The number of aliphatic hydroxyl groups excluding tert-OH is 1. The Hall–Kier alpha value is -0.830. The van der Waals surface area contributed by atoms with Gasteiger partial charge < -0.3 is 10.4 Å². The Labute approximate surface area is 112 Å². The fourth-order valence-electron chi connectivity index (χ4n) is 1.76. The standard InChI is InChI=1S/C15H29NO2/c1-3-5-6-7-8-9-10-11-12-15(18)16-14(4-2)13-17/h11-12,14,17H,3-10,13H2,1-2H3,(H,16,18). The monoisotopic (exact) mass is 255 g/mol. The van der Waals surface area contributed by atoms with Gasteiger partial charge in [-0.3, -0.25) is 4.79 Å². The van der Waals surface area contributed by atoms with Gasteiger partial charge in [0.2, 0.25) is 5.91 Å². The van der Waals surface area contributed by atoms with Crippen molar-refractivity contribution in [3.63, 3.8) is 0 Å². The van der Waals surface area contributed by atoms with Crippen LogP contribution in [-0.2, 0) is 4.79 Å². The Morgan fingerprint density at radius 1 is 1.17 bits per heavy atom. The zero-order valence-electron chi connectivity index (χ0n) is 12.0. The number of hydrogen-bond acceptors (Lipinski definition) is 2. The molecule has 0 aliphatic carbocycles. The van der Waals surface area contributed by atoms with E-state index in [1.807, 2.05) is 13.0 Å². The quantitative estimate of drug-likeness (QED) is 0.440. The number of carbonyl (C=O) groups excluding carboxylic acids is 1. The molecular formula is C15H29NO2. The van der Waals surface area contributed by atoms with Gasteiger partial charge in [-0.25, -0.2) is 0 Å². The van der Waals surface area contributed by atoms with E-state index in [0.717, 1.165) is 19.3 Å². The molecule has 1 atom stereocenters. The van der Waals surface area contributed by atoms with Crippen molar-refractivity contribution in [2.24, 2.45) is 0 Å². The summed E-state index contributed by atoms with van der Waals surface area (Å²) in [4.78, 5) is 11.4. The van der Waals surface area contributed by atoms with Gasteiger partial charge in [-0.15, -0.1) is 0 Å². The number of rotatable bonds is 11. The SMILES string of the molecule is CCCCCCCCC=CC(=O)NC(CC)CO. The number of carbonyl (C=O) groups is 1. The van der Waals surface area contributed by atoms with Gasteiger partial charge in [-0.2, -0.15) is 0 Å². The van der Waals surface area contributed by atoms with Crippen molar-refractivity contribution in [2.45, 2.75) is 71.3 Å². The zero-order chi connectivity index (χ0) is 13.6. The summed E-state index contributed by atoms with van der Waals surface area (Å²) in [7, 11) is 0. The van der Waals surface area contributed by atoms with Crippen molar-refractivity contribution in [3.8, 4) is 0 Å². The summed E-state index contributed by atoms with van der Waals surface area (Å²) in [5.74, 6) is -0.0955. The van der Waals surface area contributed by atoms with Gasteiger partial charge in [0.05, 0.1) is 12.6 Å². The van der Waals surface area contributed by atoms with Gasteiger partial charge in [0, 0.05) is 0 Å². The zero-order valence-corrected chi connectivity index (χ0v) is 12.0. The van der Waals surface area contributed by atoms with Gasteiger partial charge in [0.15, 0.2) is 0 Å². The molecule has 0 fully saturated rings. The second-order valence-electron chi connectivity index (χ2n) is 4.76. The van der Waals surface area contributed by atoms with Gasteiger partial charge in [0.25, 0.3) is 0 Å². The third-order valence-corrected chi connectivity index (χ3v) is 3.05. The molecule has 106 valence electrons. The summed E-state index contributed by atoms with van der Waals surface area (Å²) in [6.07, 6.45) is 12.9. The molecule has 3 nitrogen and oxygen atoms in total. The summed E-state index contributed by atoms with van der Waals surface area (Å²) < 4.78 is 0. The van der Waals surface area contributed by atoms with E-state index in [1.165, 1.54) is 32.1 Å². The number of nitrogens with one attached hydrogen (secondary N) is 1. The summed E-state index contributed by atoms with van der Waals surface area (Å²) in [6, 6.07) is -0.115. The Bertz CT molecular complexity index is 223. The maximum atomic E-state index is 11.4. The first-order chi connectivity index (χ1) is 8.74. The van der Waals surface area contributed by atoms with Crippen molar-refractivity contribution in [1.82, 2.24) is 5.32 Å². The Morgan fingerprint density at radius 2 is 1.83 bits per heavy atom. The number of hydrogen-bond donors (Lipinski definition) is 2. The van der Waals surface area contributed by atoms with Crippen LogP contribution in [0.25, 0.3) is 0 Å². The number of allylic oxidation sites excluding steroid dienone is 1. The molecule has 0 aromatic rings. The molecule has 0 saturated carbocycles. The van der Waals surface area contributed by atoms with Crippen LogP contribution in [0, 0.1) is 0 Å². The minimum Gasteiger partial charge on any atom is -0.394 e. The molecule has 0 aliphatic heterocycles. The molecule has 18 heavy (non-hydrogen) atoms. The maximum absolute atomic E-state index is 11.4. The first kappa shape index (κ1) is 17.2. The molecule has 0 aromatic carbocycles. The van der Waals surface area contributed by atoms with Gasteiger partial charge in [-0.1, -0.05) is 52.0 Å². The van der Waals surface area contributed by atoms with Crippen molar-refractivity contribution in [2.75, 3.05) is 6.61 Å². The van der Waals surface area contributed by atoms with E-state index >= 15 is 0 Å². The lowest BCUT2D eigenvalue weighted by Crippen LogP contribution is -2.35. The van der Waals surface area contributed by atoms with Gasteiger partial charge in [-0.05, 0) is 25.3 Å². The highest BCUT2D eigenvalue weighted by Crippen LogP contribution is 2.07. The summed E-state index contributed by atoms with van der Waals surface area (Å²) >= 11 is 0. The fourth-order valence-corrected chi connectivity index (χ4v) is 1.76. The van der Waals surface area contributed by atoms with Crippen molar-refractivity contribution in [1.29, 1.82) is 0 Å². The second-order valence-corrected chi connectivity index (χ2v) is 4.76. The summed E-state index contributed by atoms with van der Waals surface area (Å²) in [5, 5.41) is 11.7. The van der Waals surface area contributed by atoms with E-state index in [2.05, 4.69) is 12.2 Å². The summed E-state index contributed by atoms with van der Waals surface area (Å²) in [6.45, 7) is 4.17. The molecule has 0 spiro atoms. The largest absolute Gasteiger partial charge is 0.394 e. The molecule has 3 heteroatoms. The van der Waals surface area contributed by atoms with E-state index in [4.69, 9.17) is 5.11 Å². The molecule has 0 rings (SSSR count). The lowest BCUT2D eigenvalue weighted by atomic mass is 10.1. The van der Waals surface area contributed by atoms with Crippen molar-refractivity contribution in [3.05, 3.63) is 12.2 Å². The van der Waals surface area contributed by atoms with Crippen molar-refractivity contribution >= 4 is 5.91 Å². The topological polar surface area (TPSA) is 49.3 Å². The van der Waals surface area contributed by atoms with Gasteiger partial charge in [0.1, 0.15) is 0 Å². The minimum absolute atomic E-state index is 0.00745. The molecule has 1 amide bonds. The lowest BCUT2D eigenvalue weighted by Gasteiger charge is -2.11. The number of aliphatic hydroxyl groups is 1. The Morgan fingerprint density at radius 3 is 2.44 bits per heavy atom. The normalized spacial score (nSPS) is 12.8. The molecule has 1 unspecified atom stereocenters. The average molecular weight is 255 g/mol. The van der Waals surface area contributed by atoms with Crippen molar-refractivity contribution < 1.29 is 9.90 Å². The first-order valence-electron chi connectivity index (χ1n) is 7.32. The maximum Gasteiger partial charge on any atom is 0.243 e. The highest BCUT2D eigenvalue weighted by Gasteiger charge is 2.05. The fraction of sp³-hybridized carbons (Fsp3) is 0.800. The number of unbranched alkanes of at least 4 members (excludes halogenated alkanes) is 6. The van der Waals surface area contributed by atoms with Crippen LogP contribution in [-0.4, -0.2) is 23.7 Å². The Balaban J connectivity index is 3.48. The van der Waals surface area contributed by atoms with E-state index in [0.29, 0.717) is 0 Å². The highest BCUT2D eigenvalue weighted by molar-refractivity contribution is 5.87. The van der Waals surface area contributed by atoms with Crippen LogP contribution < -0.4 is 5.32 Å². The van der Waals surface area contributed by atoms with E-state index in [9.17, 15) is 4.79 Å². The molecule has 2 N–H and O–H groups in total. The van der Waals surface area contributed by atoms with E-state index in [1.54, 1.807) is 6.08 Å². The van der Waals surface area contributed by atoms with Crippen LogP contribution >= 0.6 is 0 Å². The molecule has 0 aliphatic rings. The second kappa shape index (κ2) is 12.6. The van der Waals surface area contributed by atoms with E-state index < -0.39 is 0 Å². The lowest BCUT2D eigenvalue weighted by molar-refractivity contribution is -0.117. The van der Waals surface area contributed by atoms with Crippen LogP contribution in [0.3, 0.4) is 0 Å². The molecule has 0 heterocycles. The minimum atomic E-state index is -0.115. The molecule has 0 aromatic heterocycles. The van der Waals surface area contributed by atoms with Gasteiger partial charge >= 0.3 is 0 Å². The van der Waals surface area contributed by atoms with Crippen LogP contribution in [0.1, 0.15) is 65.2 Å². The predicted molar refractivity (Wildman–Crippen MR) is 76.4 cm³/mol. The molecular weight excluding hydrogens is 226 g/mol. The summed E-state index contributed by atoms with van der Waals surface area (Å²) in [5.41, 5.74) is 0. The first-order valence-corrected chi connectivity index (χ1v) is 7.32. The predicted octanol–water partition coefficient (Wildman–Crippen LogP) is 3.18. The third-order valence-electron chi connectivity index (χ3n) is 3.05. The number of amides is 1. The average Bonchev–Trinajstić information content (AvgIpc) is 2.39. The van der Waals surface area contributed by atoms with Crippen LogP contribution in [0.15, 0.2) is 12.2 Å². The smallest absolute Gasteiger partial charge is 0.243 e. The molecule has 0 saturated heterocycles. The third kappa shape index (κ3) is 10.3.